The molecule has 0 saturated carbocycles. The largest absolute Gasteiger partial charge is 0.364 e. The van der Waals surface area contributed by atoms with E-state index in [9.17, 15) is 13.2 Å². The van der Waals surface area contributed by atoms with E-state index in [2.05, 4.69) is 14.9 Å². The molecule has 0 fully saturated rings. The van der Waals surface area contributed by atoms with Crippen molar-refractivity contribution in [3.8, 4) is 0 Å². The first-order valence-corrected chi connectivity index (χ1v) is 8.36. The van der Waals surface area contributed by atoms with Gasteiger partial charge < -0.3 is 5.73 Å². The second-order valence-electron chi connectivity index (χ2n) is 5.33. The zero-order valence-corrected chi connectivity index (χ0v) is 12.8. The van der Waals surface area contributed by atoms with E-state index >= 15 is 0 Å². The smallest absolute Gasteiger partial charge is 0.271 e. The van der Waals surface area contributed by atoms with Crippen LogP contribution in [0.4, 0.5) is 5.69 Å². The predicted molar refractivity (Wildman–Crippen MR) is 81.1 cm³/mol. The van der Waals surface area contributed by atoms with Gasteiger partial charge in [0, 0.05) is 0 Å². The van der Waals surface area contributed by atoms with Crippen LogP contribution in [0.15, 0.2) is 23.1 Å². The molecule has 0 unspecified atom stereocenters. The Morgan fingerprint density at radius 2 is 2.05 bits per heavy atom. The van der Waals surface area contributed by atoms with E-state index in [4.69, 9.17) is 5.73 Å². The Morgan fingerprint density at radius 3 is 2.77 bits per heavy atom. The van der Waals surface area contributed by atoms with Gasteiger partial charge in [0.25, 0.3) is 15.9 Å². The van der Waals surface area contributed by atoms with Crippen LogP contribution in [0.5, 0.6) is 0 Å². The Kier molecular flexibility index (Phi) is 3.40. The standard InChI is InChI=1S/C14H16N4O3S/c1-8-12(13(14(15)19)17-16-8)18-22(20,21)11-6-5-9-3-2-4-10(9)7-11/h5-7,18H,2-4H2,1H3,(H2,15,19)(H,16,17). The molecule has 1 amide bonds. The first kappa shape index (κ1) is 14.6. The number of primary amides is 1. The number of nitrogens with zero attached hydrogens (tertiary/aromatic N) is 1. The number of H-pyrrole nitrogens is 1. The number of aryl methyl sites for hydroxylation is 3. The summed E-state index contributed by atoms with van der Waals surface area (Å²) in [6, 6.07) is 5.10. The maximum Gasteiger partial charge on any atom is 0.271 e. The molecule has 7 nitrogen and oxygen atoms in total. The number of nitrogens with two attached hydrogens (primary N) is 1. The molecule has 0 bridgehead atoms. The van der Waals surface area contributed by atoms with Gasteiger partial charge in [-0.1, -0.05) is 6.07 Å². The number of amides is 1. The van der Waals surface area contributed by atoms with Gasteiger partial charge in [-0.25, -0.2) is 8.42 Å². The normalized spacial score (nSPS) is 13.9. The van der Waals surface area contributed by atoms with Crippen LogP contribution >= 0.6 is 0 Å². The Balaban J connectivity index is 1.98. The Bertz CT molecular complexity index is 855. The molecule has 0 atom stereocenters. The molecule has 1 aromatic heterocycles. The number of aromatic nitrogens is 2. The van der Waals surface area contributed by atoms with Gasteiger partial charge in [0.2, 0.25) is 0 Å². The third-order valence-corrected chi connectivity index (χ3v) is 5.14. The van der Waals surface area contributed by atoms with Gasteiger partial charge in [0.05, 0.1) is 10.6 Å². The van der Waals surface area contributed by atoms with Crippen LogP contribution in [0, 0.1) is 6.92 Å². The molecule has 22 heavy (non-hydrogen) atoms. The van der Waals surface area contributed by atoms with Crippen LogP contribution in [0.2, 0.25) is 0 Å². The number of carbonyl (C=O) groups is 1. The highest BCUT2D eigenvalue weighted by atomic mass is 32.2. The first-order chi connectivity index (χ1) is 10.4. The number of hydrogen-bond acceptors (Lipinski definition) is 4. The number of benzene rings is 1. The third-order valence-electron chi connectivity index (χ3n) is 3.80. The van der Waals surface area contributed by atoms with Gasteiger partial charge in [-0.15, -0.1) is 0 Å². The number of carbonyl (C=O) groups excluding carboxylic acids is 1. The van der Waals surface area contributed by atoms with E-state index in [0.29, 0.717) is 5.69 Å². The monoisotopic (exact) mass is 320 g/mol. The Morgan fingerprint density at radius 1 is 1.32 bits per heavy atom. The molecule has 8 heteroatoms. The summed E-state index contributed by atoms with van der Waals surface area (Å²) in [5.74, 6) is -0.795. The molecule has 3 rings (SSSR count). The van der Waals surface area contributed by atoms with Gasteiger partial charge in [-0.3, -0.25) is 14.6 Å². The van der Waals surface area contributed by atoms with Crippen molar-refractivity contribution in [1.29, 1.82) is 0 Å². The molecular formula is C14H16N4O3S. The van der Waals surface area contributed by atoms with Gasteiger partial charge >= 0.3 is 0 Å². The molecule has 0 radical (unpaired) electrons. The number of sulfonamides is 1. The van der Waals surface area contributed by atoms with E-state index in [1.165, 1.54) is 5.56 Å². The minimum atomic E-state index is -3.80. The van der Waals surface area contributed by atoms with Gasteiger partial charge in [0.1, 0.15) is 5.69 Å². The minimum absolute atomic E-state index is 0.0907. The van der Waals surface area contributed by atoms with Crippen LogP contribution in [0.1, 0.15) is 33.7 Å². The molecule has 1 aliphatic carbocycles. The average Bonchev–Trinajstić information content (AvgIpc) is 3.05. The minimum Gasteiger partial charge on any atom is -0.364 e. The molecule has 116 valence electrons. The van der Waals surface area contributed by atoms with Crippen LogP contribution in [0.3, 0.4) is 0 Å². The second-order valence-corrected chi connectivity index (χ2v) is 7.01. The maximum absolute atomic E-state index is 12.5. The number of hydrogen-bond donors (Lipinski definition) is 3. The predicted octanol–water partition coefficient (Wildman–Crippen LogP) is 1.11. The van der Waals surface area contributed by atoms with Crippen LogP contribution in [-0.4, -0.2) is 24.5 Å². The van der Waals surface area contributed by atoms with Crippen molar-refractivity contribution in [2.24, 2.45) is 5.73 Å². The summed E-state index contributed by atoms with van der Waals surface area (Å²) < 4.78 is 27.4. The molecule has 1 aromatic carbocycles. The highest BCUT2D eigenvalue weighted by Crippen LogP contribution is 2.27. The quantitative estimate of drug-likeness (QED) is 0.782. The number of nitrogens with one attached hydrogen (secondary N) is 2. The summed E-state index contributed by atoms with van der Waals surface area (Å²) in [4.78, 5) is 11.5. The van der Waals surface area contributed by atoms with Crippen molar-refractivity contribution in [1.82, 2.24) is 10.2 Å². The van der Waals surface area contributed by atoms with Crippen molar-refractivity contribution in [2.75, 3.05) is 4.72 Å². The number of anilines is 1. The lowest BCUT2D eigenvalue weighted by Gasteiger charge is -2.10. The van der Waals surface area contributed by atoms with E-state index < -0.39 is 15.9 Å². The van der Waals surface area contributed by atoms with Crippen molar-refractivity contribution in [2.45, 2.75) is 31.1 Å². The second kappa shape index (κ2) is 5.13. The maximum atomic E-state index is 12.5. The lowest BCUT2D eigenvalue weighted by atomic mass is 10.1. The fourth-order valence-corrected chi connectivity index (χ4v) is 3.82. The van der Waals surface area contributed by atoms with Crippen molar-refractivity contribution >= 4 is 21.6 Å². The Labute approximate surface area is 128 Å². The lowest BCUT2D eigenvalue weighted by molar-refractivity contribution is 0.0996. The summed E-state index contributed by atoms with van der Waals surface area (Å²) in [6.45, 7) is 1.61. The number of rotatable bonds is 4. The summed E-state index contributed by atoms with van der Waals surface area (Å²) in [7, 11) is -3.80. The number of aromatic amines is 1. The van der Waals surface area contributed by atoms with E-state index in [1.54, 1.807) is 19.1 Å². The van der Waals surface area contributed by atoms with Crippen molar-refractivity contribution in [3.05, 3.63) is 40.7 Å². The lowest BCUT2D eigenvalue weighted by Crippen LogP contribution is -2.18. The van der Waals surface area contributed by atoms with E-state index in [0.717, 1.165) is 24.8 Å². The van der Waals surface area contributed by atoms with Crippen LogP contribution in [0.25, 0.3) is 0 Å². The summed E-state index contributed by atoms with van der Waals surface area (Å²) in [6.07, 6.45) is 2.91. The fraction of sp³-hybridized carbons (Fsp3) is 0.286. The molecule has 0 spiro atoms. The zero-order valence-electron chi connectivity index (χ0n) is 12.0. The summed E-state index contributed by atoms with van der Waals surface area (Å²) in [5.41, 5.74) is 7.85. The third kappa shape index (κ3) is 2.45. The van der Waals surface area contributed by atoms with Gasteiger partial charge in [-0.2, -0.15) is 5.10 Å². The van der Waals surface area contributed by atoms with Crippen LogP contribution in [-0.2, 0) is 22.9 Å². The molecule has 0 aliphatic heterocycles. The average molecular weight is 320 g/mol. The number of fused-ring (bicyclic) bond motifs is 1. The highest BCUT2D eigenvalue weighted by Gasteiger charge is 2.23. The topological polar surface area (TPSA) is 118 Å². The molecule has 4 N–H and O–H groups in total. The summed E-state index contributed by atoms with van der Waals surface area (Å²) >= 11 is 0. The van der Waals surface area contributed by atoms with Gasteiger partial charge in [0.15, 0.2) is 5.69 Å². The molecule has 0 saturated heterocycles. The molecule has 2 aromatic rings. The van der Waals surface area contributed by atoms with E-state index in [-0.39, 0.29) is 16.3 Å². The zero-order chi connectivity index (χ0) is 15.9. The van der Waals surface area contributed by atoms with Gasteiger partial charge in [-0.05, 0) is 49.4 Å². The fourth-order valence-electron chi connectivity index (χ4n) is 2.64. The first-order valence-electron chi connectivity index (χ1n) is 6.88. The van der Waals surface area contributed by atoms with Crippen molar-refractivity contribution in [3.63, 3.8) is 0 Å². The molecule has 1 aliphatic rings. The van der Waals surface area contributed by atoms with Crippen molar-refractivity contribution < 1.29 is 13.2 Å². The Hall–Kier alpha value is -2.35. The van der Waals surface area contributed by atoms with E-state index in [1.807, 2.05) is 6.07 Å². The summed E-state index contributed by atoms with van der Waals surface area (Å²) in [5, 5.41) is 6.28. The molecular weight excluding hydrogens is 304 g/mol. The molecule has 1 heterocycles. The SMILES string of the molecule is Cc1[nH]nc(C(N)=O)c1NS(=O)(=O)c1ccc2c(c1)CCC2. The highest BCUT2D eigenvalue weighted by molar-refractivity contribution is 7.92. The van der Waals surface area contributed by atoms with Crippen LogP contribution < -0.4 is 10.5 Å².